The van der Waals surface area contributed by atoms with E-state index >= 15 is 0 Å². The minimum atomic E-state index is -0.0987. The van der Waals surface area contributed by atoms with Crippen LogP contribution in [0, 0.1) is 0 Å². The first-order valence-corrected chi connectivity index (χ1v) is 8.76. The van der Waals surface area contributed by atoms with Crippen LogP contribution in [0.5, 0.6) is 0 Å². The van der Waals surface area contributed by atoms with Crippen LogP contribution in [-0.4, -0.2) is 26.4 Å². The van der Waals surface area contributed by atoms with Gasteiger partial charge in [0, 0.05) is 23.2 Å². The number of halogens is 1. The first-order valence-electron chi connectivity index (χ1n) is 7.39. The quantitative estimate of drug-likeness (QED) is 0.612. The molecule has 0 aliphatic heterocycles. The Morgan fingerprint density at radius 1 is 1.48 bits per heavy atom. The fourth-order valence-electron chi connectivity index (χ4n) is 2.24. The van der Waals surface area contributed by atoms with E-state index < -0.39 is 0 Å². The summed E-state index contributed by atoms with van der Waals surface area (Å²) >= 11 is 7.29. The van der Waals surface area contributed by atoms with Crippen molar-refractivity contribution >= 4 is 35.0 Å². The zero-order valence-corrected chi connectivity index (χ0v) is 14.1. The first kappa shape index (κ1) is 16.1. The Bertz CT molecular complexity index is 727. The van der Waals surface area contributed by atoms with Gasteiger partial charge >= 0.3 is 0 Å². The van der Waals surface area contributed by atoms with Crippen LogP contribution in [0.1, 0.15) is 24.6 Å². The van der Waals surface area contributed by atoms with Crippen LogP contribution >= 0.6 is 23.4 Å². The Morgan fingerprint density at radius 3 is 3.00 bits per heavy atom. The molecule has 7 heteroatoms. The van der Waals surface area contributed by atoms with E-state index in [0.717, 1.165) is 23.8 Å². The monoisotopic (exact) mass is 348 g/mol. The van der Waals surface area contributed by atoms with Gasteiger partial charge in [-0.1, -0.05) is 35.5 Å². The second-order valence-corrected chi connectivity index (χ2v) is 6.74. The Hall–Kier alpha value is -1.79. The number of hydrogen-bond acceptors (Lipinski definition) is 4. The summed E-state index contributed by atoms with van der Waals surface area (Å²) in [5.41, 5.74) is 0.689. The van der Waals surface area contributed by atoms with Crippen molar-refractivity contribution in [3.8, 4) is 0 Å². The number of carbonyl (C=O) groups is 1. The summed E-state index contributed by atoms with van der Waals surface area (Å²) < 4.78 is 2.04. The molecule has 0 saturated heterocycles. The Kier molecular flexibility index (Phi) is 5.03. The van der Waals surface area contributed by atoms with Gasteiger partial charge in [0.1, 0.15) is 5.82 Å². The molecule has 0 atom stereocenters. The second kappa shape index (κ2) is 7.19. The molecule has 1 heterocycles. The van der Waals surface area contributed by atoms with E-state index in [4.69, 9.17) is 11.6 Å². The molecule has 3 rings (SSSR count). The second-order valence-electron chi connectivity index (χ2n) is 5.36. The number of amides is 1. The van der Waals surface area contributed by atoms with E-state index in [1.54, 1.807) is 24.3 Å². The highest BCUT2D eigenvalue weighted by molar-refractivity contribution is 7.99. The van der Waals surface area contributed by atoms with E-state index in [1.165, 1.54) is 11.8 Å². The summed E-state index contributed by atoms with van der Waals surface area (Å²) in [5, 5.41) is 12.7. The Labute approximate surface area is 144 Å². The lowest BCUT2D eigenvalue weighted by atomic mass is 10.3. The lowest BCUT2D eigenvalue weighted by Gasteiger charge is -2.07. The molecule has 1 aliphatic rings. The molecule has 1 fully saturated rings. The third-order valence-electron chi connectivity index (χ3n) is 3.44. The van der Waals surface area contributed by atoms with Gasteiger partial charge in [0.15, 0.2) is 5.16 Å². The van der Waals surface area contributed by atoms with Crippen LogP contribution in [0.2, 0.25) is 5.02 Å². The predicted molar refractivity (Wildman–Crippen MR) is 93.0 cm³/mol. The minimum Gasteiger partial charge on any atom is -0.325 e. The highest BCUT2D eigenvalue weighted by Gasteiger charge is 2.30. The summed E-state index contributed by atoms with van der Waals surface area (Å²) in [5.74, 6) is 1.69. The number of aromatic nitrogens is 3. The topological polar surface area (TPSA) is 59.8 Å². The normalized spacial score (nSPS) is 13.8. The zero-order valence-electron chi connectivity index (χ0n) is 12.5. The van der Waals surface area contributed by atoms with Gasteiger partial charge in [0.05, 0.1) is 5.75 Å². The van der Waals surface area contributed by atoms with Crippen LogP contribution in [0.3, 0.4) is 0 Å². The molecule has 1 aromatic carbocycles. The van der Waals surface area contributed by atoms with Crippen molar-refractivity contribution < 1.29 is 4.79 Å². The van der Waals surface area contributed by atoms with Gasteiger partial charge in [-0.25, -0.2) is 0 Å². The number of thioether (sulfide) groups is 1. The largest absolute Gasteiger partial charge is 0.325 e. The standard InChI is InChI=1S/C16H17ClN4OS/c1-2-8-21-15(11-6-7-11)19-20-16(21)23-10-14(22)18-13-5-3-4-12(17)9-13/h2-5,9,11H,1,6-8,10H2,(H,18,22). The summed E-state index contributed by atoms with van der Waals surface area (Å²) in [7, 11) is 0. The maximum absolute atomic E-state index is 12.1. The molecular formula is C16H17ClN4OS. The van der Waals surface area contributed by atoms with Crippen molar-refractivity contribution in [2.24, 2.45) is 0 Å². The zero-order chi connectivity index (χ0) is 16.2. The van der Waals surface area contributed by atoms with Gasteiger partial charge in [-0.15, -0.1) is 16.8 Å². The molecular weight excluding hydrogens is 332 g/mol. The number of nitrogens with one attached hydrogen (secondary N) is 1. The van der Waals surface area contributed by atoms with Crippen molar-refractivity contribution in [3.05, 3.63) is 47.8 Å². The molecule has 2 aromatic rings. The molecule has 1 amide bonds. The fraction of sp³-hybridized carbons (Fsp3) is 0.312. The smallest absolute Gasteiger partial charge is 0.234 e. The van der Waals surface area contributed by atoms with Crippen molar-refractivity contribution in [2.45, 2.75) is 30.5 Å². The summed E-state index contributed by atoms with van der Waals surface area (Å²) in [4.78, 5) is 12.1. The Balaban J connectivity index is 1.61. The van der Waals surface area contributed by atoms with Crippen molar-refractivity contribution in [3.63, 3.8) is 0 Å². The lowest BCUT2D eigenvalue weighted by molar-refractivity contribution is -0.113. The van der Waals surface area contributed by atoms with Crippen molar-refractivity contribution in [1.82, 2.24) is 14.8 Å². The SMILES string of the molecule is C=CCn1c(SCC(=O)Nc2cccc(Cl)c2)nnc1C1CC1. The van der Waals surface area contributed by atoms with Crippen molar-refractivity contribution in [2.75, 3.05) is 11.1 Å². The number of allylic oxidation sites excluding steroid dienone is 1. The van der Waals surface area contributed by atoms with E-state index in [2.05, 4.69) is 22.1 Å². The lowest BCUT2D eigenvalue weighted by Crippen LogP contribution is -2.14. The van der Waals surface area contributed by atoms with Gasteiger partial charge in [0.25, 0.3) is 0 Å². The van der Waals surface area contributed by atoms with E-state index in [9.17, 15) is 4.79 Å². The third kappa shape index (κ3) is 4.14. The third-order valence-corrected chi connectivity index (χ3v) is 4.64. The number of benzene rings is 1. The first-order chi connectivity index (χ1) is 11.2. The van der Waals surface area contributed by atoms with Crippen LogP contribution in [-0.2, 0) is 11.3 Å². The predicted octanol–water partition coefficient (Wildman–Crippen LogP) is 3.73. The van der Waals surface area contributed by atoms with Gasteiger partial charge in [-0.05, 0) is 31.0 Å². The van der Waals surface area contributed by atoms with E-state index in [0.29, 0.717) is 23.2 Å². The molecule has 23 heavy (non-hydrogen) atoms. The van der Waals surface area contributed by atoms with Crippen LogP contribution in [0.4, 0.5) is 5.69 Å². The molecule has 0 radical (unpaired) electrons. The highest BCUT2D eigenvalue weighted by Crippen LogP contribution is 2.40. The molecule has 0 unspecified atom stereocenters. The Morgan fingerprint density at radius 2 is 2.30 bits per heavy atom. The molecule has 1 saturated carbocycles. The molecule has 0 bridgehead atoms. The number of rotatable bonds is 7. The highest BCUT2D eigenvalue weighted by atomic mass is 35.5. The number of hydrogen-bond donors (Lipinski definition) is 1. The van der Waals surface area contributed by atoms with Gasteiger partial charge in [-0.3, -0.25) is 4.79 Å². The van der Waals surface area contributed by atoms with Crippen LogP contribution < -0.4 is 5.32 Å². The van der Waals surface area contributed by atoms with Crippen LogP contribution in [0.25, 0.3) is 0 Å². The van der Waals surface area contributed by atoms with Gasteiger partial charge in [0.2, 0.25) is 5.91 Å². The molecule has 1 aliphatic carbocycles. The number of anilines is 1. The maximum Gasteiger partial charge on any atom is 0.234 e. The average Bonchev–Trinajstić information content (AvgIpc) is 3.28. The van der Waals surface area contributed by atoms with Gasteiger partial charge in [-0.2, -0.15) is 0 Å². The molecule has 120 valence electrons. The molecule has 1 N–H and O–H groups in total. The molecule has 5 nitrogen and oxygen atoms in total. The summed E-state index contributed by atoms with van der Waals surface area (Å²) in [6.07, 6.45) is 4.15. The van der Waals surface area contributed by atoms with Crippen molar-refractivity contribution in [1.29, 1.82) is 0 Å². The maximum atomic E-state index is 12.1. The molecule has 0 spiro atoms. The number of carbonyl (C=O) groups excluding carboxylic acids is 1. The number of nitrogens with zero attached hydrogens (tertiary/aromatic N) is 3. The average molecular weight is 349 g/mol. The summed E-state index contributed by atoms with van der Waals surface area (Å²) in [6.45, 7) is 4.44. The fourth-order valence-corrected chi connectivity index (χ4v) is 3.19. The van der Waals surface area contributed by atoms with E-state index in [-0.39, 0.29) is 11.7 Å². The summed E-state index contributed by atoms with van der Waals surface area (Å²) in [6, 6.07) is 7.09. The van der Waals surface area contributed by atoms with E-state index in [1.807, 2.05) is 10.6 Å². The minimum absolute atomic E-state index is 0.0987. The molecule has 1 aromatic heterocycles. The van der Waals surface area contributed by atoms with Gasteiger partial charge < -0.3 is 9.88 Å². The van der Waals surface area contributed by atoms with Crippen LogP contribution in [0.15, 0.2) is 42.1 Å².